The van der Waals surface area contributed by atoms with Crippen molar-refractivity contribution in [2.75, 3.05) is 13.1 Å². The molecule has 1 unspecified atom stereocenters. The van der Waals surface area contributed by atoms with Gasteiger partial charge in [-0.15, -0.1) is 11.8 Å². The molecule has 1 atom stereocenters. The molecule has 0 saturated carbocycles. The molecular weight excluding hydrogens is 328 g/mol. The molecule has 4 aliphatic rings. The number of aliphatic imine (C=N–C) groups is 1. The fourth-order valence-electron chi connectivity index (χ4n) is 4.14. The average molecular weight is 350 g/mol. The van der Waals surface area contributed by atoms with Gasteiger partial charge in [0.15, 0.2) is 0 Å². The third-order valence-electron chi connectivity index (χ3n) is 5.54. The number of amidine groups is 1. The normalized spacial score (nSPS) is 23.7. The highest BCUT2D eigenvalue weighted by atomic mass is 32.2. The number of nitrogens with zero attached hydrogens (tertiary/aromatic N) is 2. The summed E-state index contributed by atoms with van der Waals surface area (Å²) in [6.07, 6.45) is 10.2. The minimum absolute atomic E-state index is 0.283. The van der Waals surface area contributed by atoms with Crippen molar-refractivity contribution in [1.82, 2.24) is 9.88 Å². The van der Waals surface area contributed by atoms with Crippen LogP contribution in [0.25, 0.3) is 16.5 Å². The van der Waals surface area contributed by atoms with Gasteiger partial charge >= 0.3 is 0 Å². The predicted molar refractivity (Wildman–Crippen MR) is 107 cm³/mol. The van der Waals surface area contributed by atoms with Crippen LogP contribution in [-0.4, -0.2) is 34.1 Å². The number of nitrogens with two attached hydrogens (primary N) is 1. The van der Waals surface area contributed by atoms with Crippen LogP contribution in [0.5, 0.6) is 0 Å². The Labute approximate surface area is 151 Å². The van der Waals surface area contributed by atoms with Gasteiger partial charge in [-0.3, -0.25) is 0 Å². The molecule has 25 heavy (non-hydrogen) atoms. The molecule has 2 aromatic rings. The van der Waals surface area contributed by atoms with Crippen molar-refractivity contribution in [3.63, 3.8) is 0 Å². The van der Waals surface area contributed by atoms with Crippen LogP contribution in [0, 0.1) is 5.92 Å². The van der Waals surface area contributed by atoms with E-state index in [9.17, 15) is 0 Å². The summed E-state index contributed by atoms with van der Waals surface area (Å²) >= 11 is 1.75. The van der Waals surface area contributed by atoms with Crippen molar-refractivity contribution >= 4 is 39.8 Å². The van der Waals surface area contributed by atoms with E-state index in [0.717, 1.165) is 12.1 Å². The second-order valence-corrected chi connectivity index (χ2v) is 8.21. The van der Waals surface area contributed by atoms with Crippen LogP contribution in [0.3, 0.4) is 0 Å². The Morgan fingerprint density at radius 1 is 1.28 bits per heavy atom. The summed E-state index contributed by atoms with van der Waals surface area (Å²) < 4.78 is 0. The molecule has 4 nitrogen and oxygen atoms in total. The van der Waals surface area contributed by atoms with Gasteiger partial charge in [0.2, 0.25) is 0 Å². The summed E-state index contributed by atoms with van der Waals surface area (Å²) in [7, 11) is 0. The first-order valence-electron chi connectivity index (χ1n) is 9.00. The number of fused-ring (bicyclic) bond motifs is 3. The number of thioether (sulfide) groups is 1. The van der Waals surface area contributed by atoms with Gasteiger partial charge in [-0.05, 0) is 54.4 Å². The summed E-state index contributed by atoms with van der Waals surface area (Å²) in [5.74, 6) is 1.41. The topological polar surface area (TPSA) is 57.4 Å². The predicted octanol–water partition coefficient (Wildman–Crippen LogP) is 4.24. The highest BCUT2D eigenvalue weighted by Gasteiger charge is 2.29. The van der Waals surface area contributed by atoms with Gasteiger partial charge in [-0.1, -0.05) is 6.08 Å². The lowest BCUT2D eigenvalue weighted by atomic mass is 9.82. The van der Waals surface area contributed by atoms with E-state index in [-0.39, 0.29) is 5.25 Å². The number of rotatable bonds is 3. The third-order valence-corrected chi connectivity index (χ3v) is 6.66. The maximum Gasteiger partial charge on any atom is 0.113 e. The molecule has 3 N–H and O–H groups in total. The largest absolute Gasteiger partial charge is 0.386 e. The Kier molecular flexibility index (Phi) is 3.63. The standard InChI is InChI=1S/C20H22N4S/c21-20(19-2-1-9-25-19)23-14-3-4-18-15(10-14)16(11-22-18)17-12-24-7-5-13(17)6-8-24/h1,3-4,9-13,19,22H,2,5-8H2,(H2,21,23). The first-order chi connectivity index (χ1) is 12.3. The van der Waals surface area contributed by atoms with Gasteiger partial charge in [0.25, 0.3) is 0 Å². The van der Waals surface area contributed by atoms with Gasteiger partial charge < -0.3 is 15.6 Å². The van der Waals surface area contributed by atoms with E-state index in [4.69, 9.17) is 10.7 Å². The fourth-order valence-corrected chi connectivity index (χ4v) is 4.97. The summed E-state index contributed by atoms with van der Waals surface area (Å²) in [5, 5.41) is 3.65. The van der Waals surface area contributed by atoms with Crippen molar-refractivity contribution in [2.24, 2.45) is 16.6 Å². The van der Waals surface area contributed by atoms with Crippen LogP contribution in [0.1, 0.15) is 24.8 Å². The molecule has 5 heteroatoms. The SMILES string of the molecule is NC(=Nc1ccc2[nH]cc(C3=CN4CCC3CC4)c2c1)C1CC=CS1. The monoisotopic (exact) mass is 350 g/mol. The lowest BCUT2D eigenvalue weighted by Gasteiger charge is -2.39. The minimum atomic E-state index is 0.283. The number of hydrogen-bond donors (Lipinski definition) is 2. The lowest BCUT2D eigenvalue weighted by Crippen LogP contribution is -2.35. The molecule has 1 fully saturated rings. The molecule has 0 amide bonds. The van der Waals surface area contributed by atoms with Crippen LogP contribution >= 0.6 is 11.8 Å². The first kappa shape index (κ1) is 15.1. The molecule has 1 saturated heterocycles. The Morgan fingerprint density at radius 2 is 2.16 bits per heavy atom. The maximum absolute atomic E-state index is 6.22. The van der Waals surface area contributed by atoms with E-state index in [1.807, 2.05) is 6.07 Å². The number of hydrogen-bond acceptors (Lipinski definition) is 3. The van der Waals surface area contributed by atoms with E-state index in [2.05, 4.69) is 45.9 Å². The molecule has 1 aromatic heterocycles. The Hall–Kier alpha value is -2.14. The van der Waals surface area contributed by atoms with Gasteiger partial charge in [0, 0.05) is 42.0 Å². The summed E-state index contributed by atoms with van der Waals surface area (Å²) in [6, 6.07) is 6.35. The zero-order valence-electron chi connectivity index (χ0n) is 14.1. The molecule has 1 aromatic carbocycles. The number of allylic oxidation sites excluding steroid dienone is 2. The minimum Gasteiger partial charge on any atom is -0.386 e. The summed E-state index contributed by atoms with van der Waals surface area (Å²) in [6.45, 7) is 2.41. The Morgan fingerprint density at radius 3 is 2.88 bits per heavy atom. The lowest BCUT2D eigenvalue weighted by molar-refractivity contribution is 0.252. The van der Waals surface area contributed by atoms with Crippen molar-refractivity contribution < 1.29 is 0 Å². The van der Waals surface area contributed by atoms with Gasteiger partial charge in [0.05, 0.1) is 10.9 Å². The number of piperidine rings is 1. The molecular formula is C20H22N4S. The smallest absolute Gasteiger partial charge is 0.113 e. The maximum atomic E-state index is 6.22. The molecule has 128 valence electrons. The zero-order chi connectivity index (χ0) is 16.8. The van der Waals surface area contributed by atoms with Crippen LogP contribution in [0.4, 0.5) is 5.69 Å². The molecule has 0 aliphatic carbocycles. The van der Waals surface area contributed by atoms with Crippen molar-refractivity contribution in [3.05, 3.63) is 47.6 Å². The number of aromatic amines is 1. The molecule has 5 heterocycles. The van der Waals surface area contributed by atoms with Crippen molar-refractivity contribution in [1.29, 1.82) is 0 Å². The van der Waals surface area contributed by atoms with Crippen LogP contribution in [0.15, 0.2) is 47.1 Å². The molecule has 0 spiro atoms. The molecule has 4 aliphatic heterocycles. The zero-order valence-corrected chi connectivity index (χ0v) is 14.9. The summed E-state index contributed by atoms with van der Waals surface area (Å²) in [4.78, 5) is 10.6. The Bertz CT molecular complexity index is 892. The second kappa shape index (κ2) is 5.99. The van der Waals surface area contributed by atoms with E-state index in [1.54, 1.807) is 11.8 Å². The molecule has 0 radical (unpaired) electrons. The van der Waals surface area contributed by atoms with E-state index < -0.39 is 0 Å². The third kappa shape index (κ3) is 2.67. The summed E-state index contributed by atoms with van der Waals surface area (Å²) in [5.41, 5.74) is 11.1. The van der Waals surface area contributed by atoms with Gasteiger partial charge in [-0.2, -0.15) is 0 Å². The van der Waals surface area contributed by atoms with E-state index >= 15 is 0 Å². The van der Waals surface area contributed by atoms with Crippen LogP contribution in [-0.2, 0) is 0 Å². The number of aromatic nitrogens is 1. The van der Waals surface area contributed by atoms with Gasteiger partial charge in [-0.25, -0.2) is 4.99 Å². The number of H-pyrrole nitrogens is 1. The van der Waals surface area contributed by atoms with Crippen molar-refractivity contribution in [2.45, 2.75) is 24.5 Å². The second-order valence-electron chi connectivity index (χ2n) is 7.10. The van der Waals surface area contributed by atoms with E-state index in [1.165, 1.54) is 48.0 Å². The Balaban J connectivity index is 1.52. The van der Waals surface area contributed by atoms with Crippen molar-refractivity contribution in [3.8, 4) is 0 Å². The first-order valence-corrected chi connectivity index (χ1v) is 9.94. The van der Waals surface area contributed by atoms with E-state index in [0.29, 0.717) is 11.8 Å². The van der Waals surface area contributed by atoms with Crippen LogP contribution < -0.4 is 5.73 Å². The number of nitrogens with one attached hydrogen (secondary N) is 1. The fraction of sp³-hybridized carbons (Fsp3) is 0.350. The highest BCUT2D eigenvalue weighted by molar-refractivity contribution is 8.03. The molecule has 6 rings (SSSR count). The van der Waals surface area contributed by atoms with Crippen LogP contribution in [0.2, 0.25) is 0 Å². The van der Waals surface area contributed by atoms with Gasteiger partial charge in [0.1, 0.15) is 5.84 Å². The number of benzene rings is 1. The highest BCUT2D eigenvalue weighted by Crippen LogP contribution is 2.40. The quantitative estimate of drug-likeness (QED) is 0.643. The molecule has 2 bridgehead atoms. The average Bonchev–Trinajstić information content (AvgIpc) is 3.32.